The zero-order chi connectivity index (χ0) is 13.3. The van der Waals surface area contributed by atoms with E-state index in [9.17, 15) is 9.59 Å². The monoisotopic (exact) mass is 254 g/mol. The molecule has 5 heteroatoms. The van der Waals surface area contributed by atoms with E-state index in [1.807, 2.05) is 25.7 Å². The Morgan fingerprint density at radius 3 is 2.72 bits per heavy atom. The summed E-state index contributed by atoms with van der Waals surface area (Å²) >= 11 is 0. The van der Waals surface area contributed by atoms with Crippen LogP contribution < -0.4 is 0 Å². The molecule has 2 aliphatic rings. The molecular weight excluding hydrogens is 232 g/mol. The van der Waals surface area contributed by atoms with Crippen LogP contribution in [-0.2, 0) is 9.53 Å². The fourth-order valence-electron chi connectivity index (χ4n) is 2.56. The highest BCUT2D eigenvalue weighted by molar-refractivity contribution is 5.79. The summed E-state index contributed by atoms with van der Waals surface area (Å²) in [5.74, 6) is 0.228. The number of hydrogen-bond donors (Lipinski definition) is 0. The smallest absolute Gasteiger partial charge is 0.410 e. The molecule has 0 bridgehead atoms. The average Bonchev–Trinajstić information content (AvgIpc) is 2.49. The summed E-state index contributed by atoms with van der Waals surface area (Å²) in [4.78, 5) is 27.4. The molecule has 0 aromatic carbocycles. The third kappa shape index (κ3) is 2.94. The average molecular weight is 254 g/mol. The molecule has 2 heterocycles. The van der Waals surface area contributed by atoms with Gasteiger partial charge in [0.1, 0.15) is 5.60 Å². The van der Waals surface area contributed by atoms with Crippen LogP contribution in [0.3, 0.4) is 0 Å². The van der Waals surface area contributed by atoms with Gasteiger partial charge >= 0.3 is 6.09 Å². The minimum absolute atomic E-state index is 0.188. The summed E-state index contributed by atoms with van der Waals surface area (Å²) in [7, 11) is 0. The Morgan fingerprint density at radius 2 is 2.06 bits per heavy atom. The minimum atomic E-state index is -0.464. The van der Waals surface area contributed by atoms with Gasteiger partial charge < -0.3 is 14.5 Å². The van der Waals surface area contributed by atoms with Gasteiger partial charge in [-0.3, -0.25) is 4.79 Å². The summed E-state index contributed by atoms with van der Waals surface area (Å²) in [5.41, 5.74) is -0.464. The van der Waals surface area contributed by atoms with Gasteiger partial charge in [-0.15, -0.1) is 0 Å². The quantitative estimate of drug-likeness (QED) is 0.660. The SMILES string of the molecule is CC(C)(C)OC(=O)N1CCCN2C(=O)CCC2C1. The molecule has 5 nitrogen and oxygen atoms in total. The number of nitrogens with zero attached hydrogens (tertiary/aromatic N) is 2. The van der Waals surface area contributed by atoms with Crippen LogP contribution in [0.1, 0.15) is 40.0 Å². The number of carbonyl (C=O) groups is 2. The molecule has 0 N–H and O–H groups in total. The lowest BCUT2D eigenvalue weighted by molar-refractivity contribution is -0.128. The maximum absolute atomic E-state index is 12.0. The van der Waals surface area contributed by atoms with Crippen molar-refractivity contribution >= 4 is 12.0 Å². The molecule has 102 valence electrons. The van der Waals surface area contributed by atoms with Gasteiger partial charge in [-0.05, 0) is 33.6 Å². The van der Waals surface area contributed by atoms with Gasteiger partial charge in [0.15, 0.2) is 0 Å². The Kier molecular flexibility index (Phi) is 3.50. The summed E-state index contributed by atoms with van der Waals surface area (Å²) < 4.78 is 5.39. The molecule has 2 fully saturated rings. The third-order valence-corrected chi connectivity index (χ3v) is 3.36. The summed E-state index contributed by atoms with van der Waals surface area (Å²) in [6, 6.07) is 0.188. The first-order chi connectivity index (χ1) is 8.37. The molecule has 2 rings (SSSR count). The number of carbonyl (C=O) groups excluding carboxylic acids is 2. The van der Waals surface area contributed by atoms with E-state index in [1.165, 1.54) is 0 Å². The van der Waals surface area contributed by atoms with Crippen LogP contribution in [0.15, 0.2) is 0 Å². The van der Waals surface area contributed by atoms with Gasteiger partial charge in [-0.1, -0.05) is 0 Å². The molecule has 0 radical (unpaired) electrons. The van der Waals surface area contributed by atoms with Crippen molar-refractivity contribution in [1.29, 1.82) is 0 Å². The zero-order valence-corrected chi connectivity index (χ0v) is 11.4. The maximum Gasteiger partial charge on any atom is 0.410 e. The summed E-state index contributed by atoms with van der Waals surface area (Å²) in [5, 5.41) is 0. The molecule has 2 amide bonds. The highest BCUT2D eigenvalue weighted by Crippen LogP contribution is 2.23. The molecule has 0 aliphatic carbocycles. The number of ether oxygens (including phenoxy) is 1. The van der Waals surface area contributed by atoms with E-state index in [2.05, 4.69) is 0 Å². The van der Waals surface area contributed by atoms with Crippen molar-refractivity contribution in [2.24, 2.45) is 0 Å². The predicted molar refractivity (Wildman–Crippen MR) is 67.2 cm³/mol. The zero-order valence-electron chi connectivity index (χ0n) is 11.4. The standard InChI is InChI=1S/C13H22N2O3/c1-13(2,3)18-12(17)14-7-4-8-15-10(9-14)5-6-11(15)16/h10H,4-9H2,1-3H3. The largest absolute Gasteiger partial charge is 0.444 e. The van der Waals surface area contributed by atoms with Gasteiger partial charge in [0.25, 0.3) is 0 Å². The topological polar surface area (TPSA) is 49.9 Å². The number of hydrogen-bond acceptors (Lipinski definition) is 3. The van der Waals surface area contributed by atoms with E-state index in [-0.39, 0.29) is 18.0 Å². The Morgan fingerprint density at radius 1 is 1.33 bits per heavy atom. The molecule has 0 saturated carbocycles. The molecule has 1 unspecified atom stereocenters. The molecule has 0 spiro atoms. The number of rotatable bonds is 0. The fraction of sp³-hybridized carbons (Fsp3) is 0.846. The third-order valence-electron chi connectivity index (χ3n) is 3.36. The van der Waals surface area contributed by atoms with Crippen LogP contribution in [0.25, 0.3) is 0 Å². The first-order valence-electron chi connectivity index (χ1n) is 6.64. The van der Waals surface area contributed by atoms with Gasteiger partial charge in [0, 0.05) is 32.1 Å². The van der Waals surface area contributed by atoms with Crippen molar-refractivity contribution in [3.8, 4) is 0 Å². The predicted octanol–water partition coefficient (Wildman–Crippen LogP) is 1.62. The van der Waals surface area contributed by atoms with E-state index in [4.69, 9.17) is 4.74 Å². The highest BCUT2D eigenvalue weighted by atomic mass is 16.6. The van der Waals surface area contributed by atoms with E-state index < -0.39 is 5.60 Å². The van der Waals surface area contributed by atoms with Crippen molar-refractivity contribution in [2.75, 3.05) is 19.6 Å². The van der Waals surface area contributed by atoms with Crippen molar-refractivity contribution in [1.82, 2.24) is 9.80 Å². The van der Waals surface area contributed by atoms with Gasteiger partial charge in [0.2, 0.25) is 5.91 Å². The van der Waals surface area contributed by atoms with Crippen LogP contribution in [0.5, 0.6) is 0 Å². The minimum Gasteiger partial charge on any atom is -0.444 e. The van der Waals surface area contributed by atoms with Gasteiger partial charge in [-0.25, -0.2) is 4.79 Å². The number of amides is 2. The lowest BCUT2D eigenvalue weighted by atomic mass is 10.2. The Balaban J connectivity index is 1.99. The molecule has 0 aromatic rings. The normalized spacial score (nSPS) is 24.8. The molecule has 2 saturated heterocycles. The highest BCUT2D eigenvalue weighted by Gasteiger charge is 2.36. The van der Waals surface area contributed by atoms with Gasteiger partial charge in [-0.2, -0.15) is 0 Å². The fourth-order valence-corrected chi connectivity index (χ4v) is 2.56. The van der Waals surface area contributed by atoms with Crippen LogP contribution in [-0.4, -0.2) is 53.1 Å². The lowest BCUT2D eigenvalue weighted by Gasteiger charge is -2.28. The second-order valence-corrected chi connectivity index (χ2v) is 6.06. The van der Waals surface area contributed by atoms with Crippen molar-refractivity contribution < 1.29 is 14.3 Å². The Hall–Kier alpha value is -1.26. The molecule has 18 heavy (non-hydrogen) atoms. The second kappa shape index (κ2) is 4.78. The first kappa shape index (κ1) is 13.2. The summed E-state index contributed by atoms with van der Waals surface area (Å²) in [6.07, 6.45) is 2.05. The van der Waals surface area contributed by atoms with Crippen LogP contribution >= 0.6 is 0 Å². The first-order valence-corrected chi connectivity index (χ1v) is 6.64. The van der Waals surface area contributed by atoms with E-state index in [1.54, 1.807) is 4.90 Å². The maximum atomic E-state index is 12.0. The van der Waals surface area contributed by atoms with Crippen LogP contribution in [0.2, 0.25) is 0 Å². The number of fused-ring (bicyclic) bond motifs is 1. The molecule has 1 atom stereocenters. The van der Waals surface area contributed by atoms with E-state index in [0.29, 0.717) is 19.5 Å². The molecular formula is C13H22N2O3. The van der Waals surface area contributed by atoms with E-state index >= 15 is 0 Å². The lowest BCUT2D eigenvalue weighted by Crippen LogP contribution is -2.42. The van der Waals surface area contributed by atoms with Crippen LogP contribution in [0, 0.1) is 0 Å². The Bertz CT molecular complexity index is 349. The van der Waals surface area contributed by atoms with E-state index in [0.717, 1.165) is 19.4 Å². The molecule has 0 aromatic heterocycles. The second-order valence-electron chi connectivity index (χ2n) is 6.06. The van der Waals surface area contributed by atoms with Crippen molar-refractivity contribution in [3.05, 3.63) is 0 Å². The van der Waals surface area contributed by atoms with Crippen molar-refractivity contribution in [2.45, 2.75) is 51.7 Å². The summed E-state index contributed by atoms with van der Waals surface area (Å²) in [6.45, 7) is 7.66. The van der Waals surface area contributed by atoms with Gasteiger partial charge in [0.05, 0.1) is 0 Å². The van der Waals surface area contributed by atoms with Crippen LogP contribution in [0.4, 0.5) is 4.79 Å². The molecule has 2 aliphatic heterocycles. The Labute approximate surface area is 108 Å². The van der Waals surface area contributed by atoms with Crippen molar-refractivity contribution in [3.63, 3.8) is 0 Å².